The zero-order valence-electron chi connectivity index (χ0n) is 6.52. The van der Waals surface area contributed by atoms with Gasteiger partial charge in [0.15, 0.2) is 0 Å². The molecule has 0 heterocycles. The van der Waals surface area contributed by atoms with E-state index in [0.29, 0.717) is 5.92 Å². The number of aliphatic imine (C=N–C) groups is 1. The highest BCUT2D eigenvalue weighted by molar-refractivity contribution is 5.59. The van der Waals surface area contributed by atoms with Gasteiger partial charge in [0.1, 0.15) is 0 Å². The van der Waals surface area contributed by atoms with Crippen LogP contribution in [0.25, 0.3) is 0 Å². The lowest BCUT2D eigenvalue weighted by Gasteiger charge is -2.02. The molecule has 2 nitrogen and oxygen atoms in total. The van der Waals surface area contributed by atoms with E-state index in [-0.39, 0.29) is 0 Å². The first-order valence-corrected chi connectivity index (χ1v) is 3.38. The van der Waals surface area contributed by atoms with Crippen molar-refractivity contribution in [2.24, 2.45) is 10.9 Å². The van der Waals surface area contributed by atoms with E-state index in [1.807, 2.05) is 20.3 Å². The van der Waals surface area contributed by atoms with Crippen molar-refractivity contribution in [2.45, 2.75) is 13.3 Å². The Morgan fingerprint density at radius 3 is 2.78 bits per heavy atom. The lowest BCUT2D eigenvalue weighted by Crippen LogP contribution is -2.11. The summed E-state index contributed by atoms with van der Waals surface area (Å²) in [6.07, 6.45) is 3.16. The van der Waals surface area contributed by atoms with Crippen molar-refractivity contribution in [2.75, 3.05) is 20.6 Å². The summed E-state index contributed by atoms with van der Waals surface area (Å²) in [6, 6.07) is 0. The normalized spacial score (nSPS) is 14.6. The van der Waals surface area contributed by atoms with Gasteiger partial charge in [-0.3, -0.25) is 0 Å². The van der Waals surface area contributed by atoms with Crippen LogP contribution in [0.1, 0.15) is 13.3 Å². The molecule has 0 aromatic rings. The Hall–Kier alpha value is -0.370. The molecule has 0 radical (unpaired) electrons. The second kappa shape index (κ2) is 5.76. The molecule has 0 aliphatic heterocycles. The maximum Gasteiger partial charge on any atom is 0.0273 e. The van der Waals surface area contributed by atoms with E-state index in [1.165, 1.54) is 6.42 Å². The van der Waals surface area contributed by atoms with Gasteiger partial charge in [0.05, 0.1) is 0 Å². The molecule has 0 saturated heterocycles. The van der Waals surface area contributed by atoms with Crippen molar-refractivity contribution in [3.05, 3.63) is 0 Å². The van der Waals surface area contributed by atoms with Crippen LogP contribution in [0.3, 0.4) is 0 Å². The van der Waals surface area contributed by atoms with Gasteiger partial charge in [0.2, 0.25) is 0 Å². The Bertz CT molecular complexity index is 79.0. The average Bonchev–Trinajstić information content (AvgIpc) is 1.85. The first-order chi connectivity index (χ1) is 4.31. The molecule has 0 spiro atoms. The van der Waals surface area contributed by atoms with E-state index < -0.39 is 0 Å². The standard InChI is InChI=1S/C7H16N2/c1-7(6-9-3)4-5-8-2/h6-8H,4-5H2,1-3H3. The van der Waals surface area contributed by atoms with Crippen molar-refractivity contribution in [3.8, 4) is 0 Å². The minimum absolute atomic E-state index is 0.613. The SMILES string of the molecule is CN=CC(C)CCNC. The van der Waals surface area contributed by atoms with Gasteiger partial charge in [0.25, 0.3) is 0 Å². The van der Waals surface area contributed by atoms with Crippen LogP contribution < -0.4 is 5.32 Å². The van der Waals surface area contributed by atoms with E-state index in [4.69, 9.17) is 0 Å². The third kappa shape index (κ3) is 5.50. The highest BCUT2D eigenvalue weighted by Crippen LogP contribution is 1.94. The summed E-state index contributed by atoms with van der Waals surface area (Å²) in [5.41, 5.74) is 0. The molecule has 0 aromatic heterocycles. The van der Waals surface area contributed by atoms with Gasteiger partial charge in [-0.25, -0.2) is 0 Å². The summed E-state index contributed by atoms with van der Waals surface area (Å²) in [4.78, 5) is 3.94. The van der Waals surface area contributed by atoms with Crippen molar-refractivity contribution in [1.29, 1.82) is 0 Å². The molecule has 0 aliphatic rings. The Morgan fingerprint density at radius 1 is 1.67 bits per heavy atom. The average molecular weight is 128 g/mol. The second-order valence-corrected chi connectivity index (χ2v) is 2.28. The highest BCUT2D eigenvalue weighted by Gasteiger charge is 1.93. The quantitative estimate of drug-likeness (QED) is 0.560. The molecule has 0 amide bonds. The lowest BCUT2D eigenvalue weighted by atomic mass is 10.1. The molecule has 0 aliphatic carbocycles. The molecule has 1 atom stereocenters. The van der Waals surface area contributed by atoms with Crippen LogP contribution in [0.2, 0.25) is 0 Å². The number of nitrogens with one attached hydrogen (secondary N) is 1. The molecule has 1 unspecified atom stereocenters. The van der Waals surface area contributed by atoms with E-state index in [0.717, 1.165) is 6.54 Å². The van der Waals surface area contributed by atoms with Crippen molar-refractivity contribution in [1.82, 2.24) is 5.32 Å². The first kappa shape index (κ1) is 8.63. The van der Waals surface area contributed by atoms with Crippen LogP contribution in [0, 0.1) is 5.92 Å². The maximum atomic E-state index is 3.94. The zero-order valence-corrected chi connectivity index (χ0v) is 6.52. The van der Waals surface area contributed by atoms with Crippen LogP contribution in [0.15, 0.2) is 4.99 Å². The van der Waals surface area contributed by atoms with Crippen LogP contribution in [-0.2, 0) is 0 Å². The number of nitrogens with zero attached hydrogens (tertiary/aromatic N) is 1. The third-order valence-electron chi connectivity index (χ3n) is 1.25. The monoisotopic (exact) mass is 128 g/mol. The fourth-order valence-electron chi connectivity index (χ4n) is 0.701. The Labute approximate surface area is 57.4 Å². The fourth-order valence-corrected chi connectivity index (χ4v) is 0.701. The molecular formula is C7H16N2. The van der Waals surface area contributed by atoms with E-state index in [9.17, 15) is 0 Å². The largest absolute Gasteiger partial charge is 0.320 e. The summed E-state index contributed by atoms with van der Waals surface area (Å²) in [5, 5.41) is 3.10. The fraction of sp³-hybridized carbons (Fsp3) is 0.857. The molecule has 1 N–H and O–H groups in total. The van der Waals surface area contributed by atoms with Gasteiger partial charge in [-0.2, -0.15) is 0 Å². The van der Waals surface area contributed by atoms with E-state index >= 15 is 0 Å². The van der Waals surface area contributed by atoms with Crippen LogP contribution in [0.5, 0.6) is 0 Å². The highest BCUT2D eigenvalue weighted by atomic mass is 14.8. The second-order valence-electron chi connectivity index (χ2n) is 2.28. The summed E-state index contributed by atoms with van der Waals surface area (Å²) >= 11 is 0. The number of hydrogen-bond donors (Lipinski definition) is 1. The van der Waals surface area contributed by atoms with Gasteiger partial charge < -0.3 is 10.3 Å². The Morgan fingerprint density at radius 2 is 2.33 bits per heavy atom. The third-order valence-corrected chi connectivity index (χ3v) is 1.25. The van der Waals surface area contributed by atoms with Crippen LogP contribution in [0.4, 0.5) is 0 Å². The molecule has 0 rings (SSSR count). The number of hydrogen-bond acceptors (Lipinski definition) is 2. The molecule has 54 valence electrons. The van der Waals surface area contributed by atoms with Crippen LogP contribution in [-0.4, -0.2) is 26.9 Å². The van der Waals surface area contributed by atoms with Gasteiger partial charge in [-0.1, -0.05) is 6.92 Å². The smallest absolute Gasteiger partial charge is 0.0273 e. The van der Waals surface area contributed by atoms with Gasteiger partial charge in [-0.05, 0) is 25.9 Å². The van der Waals surface area contributed by atoms with E-state index in [1.54, 1.807) is 0 Å². The Balaban J connectivity index is 3.15. The molecule has 2 heteroatoms. The lowest BCUT2D eigenvalue weighted by molar-refractivity contribution is 0.644. The Kier molecular flexibility index (Phi) is 5.52. The molecule has 9 heavy (non-hydrogen) atoms. The van der Waals surface area contributed by atoms with Crippen molar-refractivity contribution in [3.63, 3.8) is 0 Å². The van der Waals surface area contributed by atoms with Gasteiger partial charge in [-0.15, -0.1) is 0 Å². The summed E-state index contributed by atoms with van der Waals surface area (Å²) < 4.78 is 0. The topological polar surface area (TPSA) is 24.4 Å². The predicted molar refractivity (Wildman–Crippen MR) is 42.1 cm³/mol. The molecule has 0 fully saturated rings. The van der Waals surface area contributed by atoms with Crippen LogP contribution >= 0.6 is 0 Å². The number of rotatable bonds is 4. The summed E-state index contributed by atoms with van der Waals surface area (Å²) in [5.74, 6) is 0.613. The molecular weight excluding hydrogens is 112 g/mol. The molecule has 0 bridgehead atoms. The minimum Gasteiger partial charge on any atom is -0.320 e. The van der Waals surface area contributed by atoms with Crippen molar-refractivity contribution < 1.29 is 0 Å². The van der Waals surface area contributed by atoms with Crippen molar-refractivity contribution >= 4 is 6.21 Å². The molecule has 0 saturated carbocycles. The maximum absolute atomic E-state index is 3.94. The molecule has 0 aromatic carbocycles. The van der Waals surface area contributed by atoms with Gasteiger partial charge in [0, 0.05) is 13.3 Å². The minimum atomic E-state index is 0.613. The predicted octanol–water partition coefficient (Wildman–Crippen LogP) is 0.933. The first-order valence-electron chi connectivity index (χ1n) is 3.38. The van der Waals surface area contributed by atoms with Gasteiger partial charge >= 0.3 is 0 Å². The summed E-state index contributed by atoms with van der Waals surface area (Å²) in [6.45, 7) is 3.25. The van der Waals surface area contributed by atoms with E-state index in [2.05, 4.69) is 17.2 Å². The summed E-state index contributed by atoms with van der Waals surface area (Å²) in [7, 11) is 3.78. The zero-order chi connectivity index (χ0) is 7.11.